The Morgan fingerprint density at radius 3 is 3.17 bits per heavy atom. The summed E-state index contributed by atoms with van der Waals surface area (Å²) in [6, 6.07) is 3.83. The lowest BCUT2D eigenvalue weighted by atomic mass is 10.4. The van der Waals surface area contributed by atoms with Crippen molar-refractivity contribution in [2.45, 2.75) is 0 Å². The topological polar surface area (TPSA) is 34.1 Å². The largest absolute Gasteiger partial charge is 0.383 e. The van der Waals surface area contributed by atoms with Crippen molar-refractivity contribution in [2.75, 3.05) is 25.6 Å². The van der Waals surface area contributed by atoms with E-state index in [0.29, 0.717) is 6.61 Å². The molecule has 0 aliphatic rings. The Kier molecular flexibility index (Phi) is 4.04. The summed E-state index contributed by atoms with van der Waals surface area (Å²) < 4.78 is 5.87. The summed E-state index contributed by atoms with van der Waals surface area (Å²) in [5.41, 5.74) is 0. The Labute approximate surface area is 80.3 Å². The first-order valence-electron chi connectivity index (χ1n) is 3.68. The maximum atomic E-state index is 4.90. The van der Waals surface area contributed by atoms with E-state index in [2.05, 4.69) is 26.2 Å². The number of nitrogens with zero attached hydrogens (tertiary/aromatic N) is 1. The lowest BCUT2D eigenvalue weighted by Gasteiger charge is -2.05. The number of halogens is 1. The summed E-state index contributed by atoms with van der Waals surface area (Å²) in [7, 11) is 1.68. The van der Waals surface area contributed by atoms with Crippen LogP contribution in [-0.2, 0) is 4.74 Å². The van der Waals surface area contributed by atoms with Crippen LogP contribution >= 0.6 is 15.9 Å². The van der Waals surface area contributed by atoms with Gasteiger partial charge in [0, 0.05) is 19.9 Å². The number of hydrogen-bond acceptors (Lipinski definition) is 3. The second-order valence-electron chi connectivity index (χ2n) is 2.25. The molecule has 12 heavy (non-hydrogen) atoms. The van der Waals surface area contributed by atoms with E-state index in [1.54, 1.807) is 13.3 Å². The quantitative estimate of drug-likeness (QED) is 0.803. The zero-order valence-electron chi connectivity index (χ0n) is 6.88. The van der Waals surface area contributed by atoms with Gasteiger partial charge in [-0.1, -0.05) is 0 Å². The van der Waals surface area contributed by atoms with Gasteiger partial charge in [-0.15, -0.1) is 0 Å². The van der Waals surface area contributed by atoms with Gasteiger partial charge in [0.1, 0.15) is 5.82 Å². The molecule has 0 aliphatic carbocycles. The van der Waals surface area contributed by atoms with Crippen molar-refractivity contribution in [1.29, 1.82) is 0 Å². The predicted molar refractivity (Wildman–Crippen MR) is 52.3 cm³/mol. The molecule has 1 heterocycles. The fourth-order valence-corrected chi connectivity index (χ4v) is 1.18. The summed E-state index contributed by atoms with van der Waals surface area (Å²) in [6.45, 7) is 1.45. The van der Waals surface area contributed by atoms with Crippen molar-refractivity contribution < 1.29 is 4.74 Å². The first-order chi connectivity index (χ1) is 5.84. The Morgan fingerprint density at radius 2 is 2.50 bits per heavy atom. The minimum Gasteiger partial charge on any atom is -0.383 e. The Balaban J connectivity index is 2.46. The molecule has 0 atom stereocenters. The summed E-state index contributed by atoms with van der Waals surface area (Å²) in [6.07, 6.45) is 1.75. The van der Waals surface area contributed by atoms with Gasteiger partial charge in [-0.25, -0.2) is 4.98 Å². The molecule has 1 rings (SSSR count). The average Bonchev–Trinajstić information content (AvgIpc) is 2.09. The van der Waals surface area contributed by atoms with E-state index >= 15 is 0 Å². The van der Waals surface area contributed by atoms with E-state index in [1.807, 2.05) is 12.1 Å². The number of nitrogens with one attached hydrogen (secondary N) is 1. The van der Waals surface area contributed by atoms with Gasteiger partial charge in [-0.3, -0.25) is 0 Å². The summed E-state index contributed by atoms with van der Waals surface area (Å²) in [4.78, 5) is 4.14. The SMILES string of the molecule is COCCNc1ncccc1Br. The maximum absolute atomic E-state index is 4.90. The van der Waals surface area contributed by atoms with Crippen molar-refractivity contribution in [3.05, 3.63) is 22.8 Å². The number of rotatable bonds is 4. The van der Waals surface area contributed by atoms with Crippen LogP contribution in [0.2, 0.25) is 0 Å². The number of pyridine rings is 1. The third-order valence-corrected chi connectivity index (χ3v) is 2.00. The van der Waals surface area contributed by atoms with Crippen LogP contribution in [-0.4, -0.2) is 25.2 Å². The van der Waals surface area contributed by atoms with Gasteiger partial charge in [0.05, 0.1) is 11.1 Å². The molecular weight excluding hydrogens is 220 g/mol. The fourth-order valence-electron chi connectivity index (χ4n) is 0.787. The molecule has 0 aliphatic heterocycles. The van der Waals surface area contributed by atoms with Gasteiger partial charge in [-0.05, 0) is 28.1 Å². The molecule has 0 bridgehead atoms. The first kappa shape index (κ1) is 9.48. The summed E-state index contributed by atoms with van der Waals surface area (Å²) >= 11 is 3.38. The molecule has 0 unspecified atom stereocenters. The van der Waals surface area contributed by atoms with Gasteiger partial charge in [0.2, 0.25) is 0 Å². The molecule has 0 radical (unpaired) electrons. The molecule has 0 amide bonds. The van der Waals surface area contributed by atoms with Crippen molar-refractivity contribution in [1.82, 2.24) is 4.98 Å². The molecule has 3 nitrogen and oxygen atoms in total. The minimum absolute atomic E-state index is 0.684. The maximum Gasteiger partial charge on any atom is 0.140 e. The lowest BCUT2D eigenvalue weighted by Crippen LogP contribution is -2.08. The molecule has 0 saturated carbocycles. The molecule has 4 heteroatoms. The monoisotopic (exact) mass is 230 g/mol. The number of methoxy groups -OCH3 is 1. The van der Waals surface area contributed by atoms with Crippen LogP contribution in [0.5, 0.6) is 0 Å². The molecule has 0 saturated heterocycles. The van der Waals surface area contributed by atoms with Crippen molar-refractivity contribution in [3.8, 4) is 0 Å². The van der Waals surface area contributed by atoms with Crippen molar-refractivity contribution in [3.63, 3.8) is 0 Å². The van der Waals surface area contributed by atoms with Crippen LogP contribution in [0.3, 0.4) is 0 Å². The number of ether oxygens (including phenoxy) is 1. The lowest BCUT2D eigenvalue weighted by molar-refractivity contribution is 0.210. The van der Waals surface area contributed by atoms with Crippen molar-refractivity contribution in [2.24, 2.45) is 0 Å². The standard InChI is InChI=1S/C8H11BrN2O/c1-12-6-5-11-8-7(9)3-2-4-10-8/h2-4H,5-6H2,1H3,(H,10,11). The van der Waals surface area contributed by atoms with E-state index in [0.717, 1.165) is 16.8 Å². The molecule has 66 valence electrons. The van der Waals surface area contributed by atoms with E-state index in [4.69, 9.17) is 4.74 Å². The van der Waals surface area contributed by atoms with Crippen LogP contribution in [0.15, 0.2) is 22.8 Å². The van der Waals surface area contributed by atoms with Gasteiger partial charge in [0.25, 0.3) is 0 Å². The second-order valence-corrected chi connectivity index (χ2v) is 3.11. The first-order valence-corrected chi connectivity index (χ1v) is 4.47. The van der Waals surface area contributed by atoms with E-state index in [1.165, 1.54) is 0 Å². The van der Waals surface area contributed by atoms with E-state index < -0.39 is 0 Å². The Bertz CT molecular complexity index is 242. The third-order valence-electron chi connectivity index (χ3n) is 1.36. The van der Waals surface area contributed by atoms with Crippen LogP contribution in [0.25, 0.3) is 0 Å². The van der Waals surface area contributed by atoms with Crippen LogP contribution in [0, 0.1) is 0 Å². The minimum atomic E-state index is 0.684. The summed E-state index contributed by atoms with van der Waals surface area (Å²) in [5, 5.41) is 3.13. The molecule has 0 fully saturated rings. The molecular formula is C8H11BrN2O. The Morgan fingerprint density at radius 1 is 1.67 bits per heavy atom. The zero-order chi connectivity index (χ0) is 8.81. The highest BCUT2D eigenvalue weighted by atomic mass is 79.9. The molecule has 1 aromatic heterocycles. The van der Waals surface area contributed by atoms with Gasteiger partial charge >= 0.3 is 0 Å². The number of anilines is 1. The normalized spacial score (nSPS) is 9.83. The third kappa shape index (κ3) is 2.79. The molecule has 0 spiro atoms. The highest BCUT2D eigenvalue weighted by Gasteiger charge is 1.96. The van der Waals surface area contributed by atoms with E-state index in [-0.39, 0.29) is 0 Å². The van der Waals surface area contributed by atoms with E-state index in [9.17, 15) is 0 Å². The van der Waals surface area contributed by atoms with Gasteiger partial charge in [-0.2, -0.15) is 0 Å². The smallest absolute Gasteiger partial charge is 0.140 e. The van der Waals surface area contributed by atoms with Crippen molar-refractivity contribution >= 4 is 21.7 Å². The van der Waals surface area contributed by atoms with Gasteiger partial charge in [0.15, 0.2) is 0 Å². The van der Waals surface area contributed by atoms with Gasteiger partial charge < -0.3 is 10.1 Å². The van der Waals surface area contributed by atoms with Crippen LogP contribution in [0.1, 0.15) is 0 Å². The highest BCUT2D eigenvalue weighted by Crippen LogP contribution is 2.17. The van der Waals surface area contributed by atoms with Crippen LogP contribution < -0.4 is 5.32 Å². The molecule has 0 aromatic carbocycles. The average molecular weight is 231 g/mol. The number of aromatic nitrogens is 1. The number of hydrogen-bond donors (Lipinski definition) is 1. The second kappa shape index (κ2) is 5.11. The van der Waals surface area contributed by atoms with Crippen LogP contribution in [0.4, 0.5) is 5.82 Å². The molecule has 1 N–H and O–H groups in total. The highest BCUT2D eigenvalue weighted by molar-refractivity contribution is 9.10. The predicted octanol–water partition coefficient (Wildman–Crippen LogP) is 1.90. The molecule has 1 aromatic rings. The Hall–Kier alpha value is -0.610. The zero-order valence-corrected chi connectivity index (χ0v) is 8.47. The fraction of sp³-hybridized carbons (Fsp3) is 0.375. The summed E-state index contributed by atoms with van der Waals surface area (Å²) in [5.74, 6) is 0.856.